The van der Waals surface area contributed by atoms with Crippen LogP contribution in [0.3, 0.4) is 0 Å². The van der Waals surface area contributed by atoms with E-state index in [1.54, 1.807) is 0 Å². The van der Waals surface area contributed by atoms with Gasteiger partial charge in [0.25, 0.3) is 0 Å². The second kappa shape index (κ2) is 17.8. The van der Waals surface area contributed by atoms with Gasteiger partial charge >= 0.3 is 170 Å². The molecule has 0 unspecified atom stereocenters. The number of unbranched alkanes of at least 4 members (excludes halogenated alkanes) is 12. The van der Waals surface area contributed by atoms with Crippen LogP contribution in [0.4, 0.5) is 0 Å². The molecule has 1 rings (SSSR count). The molecule has 0 atom stereocenters. The third kappa shape index (κ3) is 13.7. The molecule has 0 bridgehead atoms. The summed E-state index contributed by atoms with van der Waals surface area (Å²) in [7, 11) is 0. The fraction of sp³-hybridized carbons (Fsp3) is 0.750. The number of carbonyl (C=O) groups excluding carboxylic acids is 2. The Labute approximate surface area is 183 Å². The maximum atomic E-state index is 12.1. The predicted molar refractivity (Wildman–Crippen MR) is 120 cm³/mol. The van der Waals surface area contributed by atoms with E-state index in [-0.39, 0.29) is 26.4 Å². The molecule has 0 saturated carbocycles. The Bertz CT molecular complexity index is 506. The first-order valence-corrected chi connectivity index (χ1v) is 13.6. The Balaban J connectivity index is 2.17. The van der Waals surface area contributed by atoms with Crippen LogP contribution in [0.15, 0.2) is 9.88 Å². The van der Waals surface area contributed by atoms with Crippen LogP contribution >= 0.6 is 0 Å². The summed E-state index contributed by atoms with van der Waals surface area (Å²) in [5.74, 6) is 0.421. The van der Waals surface area contributed by atoms with Crippen LogP contribution in [0.2, 0.25) is 0 Å². The van der Waals surface area contributed by atoms with Crippen LogP contribution in [0.5, 0.6) is 11.5 Å². The minimum atomic E-state index is -0.225. The fourth-order valence-electron chi connectivity index (χ4n) is 3.22. The van der Waals surface area contributed by atoms with Gasteiger partial charge in [-0.05, 0) is 0 Å². The van der Waals surface area contributed by atoms with E-state index in [0.717, 1.165) is 25.7 Å². The van der Waals surface area contributed by atoms with E-state index in [4.69, 9.17) is 9.47 Å². The molecule has 0 aliphatic carbocycles. The van der Waals surface area contributed by atoms with Gasteiger partial charge in [0.2, 0.25) is 0 Å². The number of carbonyl (C=O) groups is 2. The first-order chi connectivity index (χ1) is 14.2. The van der Waals surface area contributed by atoms with E-state index < -0.39 is 0 Å². The van der Waals surface area contributed by atoms with Gasteiger partial charge in [0.15, 0.2) is 0 Å². The third-order valence-electron chi connectivity index (χ3n) is 5.01. The topological polar surface area (TPSA) is 52.6 Å². The van der Waals surface area contributed by atoms with Crippen LogP contribution in [0.1, 0.15) is 117 Å². The van der Waals surface area contributed by atoms with Crippen molar-refractivity contribution in [1.82, 2.24) is 0 Å². The average Bonchev–Trinajstić information content (AvgIpc) is 3.13. The molecule has 0 aliphatic heterocycles. The summed E-state index contributed by atoms with van der Waals surface area (Å²) in [6.07, 6.45) is 17.2. The van der Waals surface area contributed by atoms with Crippen molar-refractivity contribution in [3.05, 3.63) is 9.88 Å². The minimum Gasteiger partial charge on any atom is -0.0654 e. The average molecular weight is 472 g/mol. The monoisotopic (exact) mass is 472 g/mol. The van der Waals surface area contributed by atoms with Crippen molar-refractivity contribution in [2.45, 2.75) is 117 Å². The molecule has 1 aromatic heterocycles. The van der Waals surface area contributed by atoms with E-state index in [0.29, 0.717) is 24.3 Å². The van der Waals surface area contributed by atoms with E-state index in [2.05, 4.69) is 13.8 Å². The molecule has 4 nitrogen and oxygen atoms in total. The summed E-state index contributed by atoms with van der Waals surface area (Å²) < 4.78 is 10.9. The van der Waals surface area contributed by atoms with Crippen molar-refractivity contribution in [1.29, 1.82) is 0 Å². The van der Waals surface area contributed by atoms with Crippen molar-refractivity contribution in [2.24, 2.45) is 0 Å². The molecule has 0 aromatic carbocycles. The smallest absolute Gasteiger partial charge is 0.0654 e. The zero-order valence-corrected chi connectivity index (χ0v) is 20.2. The SMILES string of the molecule is CCCCCCCCCC(=O)Oc1c[se]cc1OC(=O)CCCCCCCCC. The van der Waals surface area contributed by atoms with Crippen LogP contribution in [-0.2, 0) is 9.59 Å². The molecule has 0 spiro atoms. The van der Waals surface area contributed by atoms with E-state index in [1.807, 2.05) is 9.88 Å². The molecule has 0 N–H and O–H groups in total. The summed E-state index contributed by atoms with van der Waals surface area (Å²) in [5, 5.41) is 0. The van der Waals surface area contributed by atoms with Gasteiger partial charge in [0, 0.05) is 0 Å². The molecule has 0 aliphatic rings. The summed E-state index contributed by atoms with van der Waals surface area (Å²) in [6.45, 7) is 4.43. The molecule has 0 amide bonds. The Kier molecular flexibility index (Phi) is 15.9. The zero-order valence-electron chi connectivity index (χ0n) is 18.5. The van der Waals surface area contributed by atoms with E-state index in [9.17, 15) is 9.59 Å². The Morgan fingerprint density at radius 2 is 0.966 bits per heavy atom. The quantitative estimate of drug-likeness (QED) is 0.134. The second-order valence-corrected chi connectivity index (χ2v) is 9.35. The van der Waals surface area contributed by atoms with Gasteiger partial charge in [0.05, 0.1) is 0 Å². The predicted octanol–water partition coefficient (Wildman–Crippen LogP) is 6.84. The van der Waals surface area contributed by atoms with Gasteiger partial charge in [-0.3, -0.25) is 0 Å². The van der Waals surface area contributed by atoms with E-state index in [1.165, 1.54) is 64.2 Å². The number of hydrogen-bond acceptors (Lipinski definition) is 4. The van der Waals surface area contributed by atoms with Gasteiger partial charge < -0.3 is 0 Å². The molecule has 166 valence electrons. The standard InChI is InChI=1S/C24H40O4Se/c1-3-5-7-9-11-13-15-17-23(25)27-21-19-29-20-22(21)28-24(26)18-16-14-12-10-8-6-4-2/h19-20H,3-18H2,1-2H3. The Morgan fingerprint density at radius 1 is 0.621 bits per heavy atom. The summed E-state index contributed by atoms with van der Waals surface area (Å²) in [4.78, 5) is 27.9. The van der Waals surface area contributed by atoms with Gasteiger partial charge in [-0.15, -0.1) is 0 Å². The van der Waals surface area contributed by atoms with Crippen molar-refractivity contribution in [2.75, 3.05) is 0 Å². The van der Waals surface area contributed by atoms with Crippen molar-refractivity contribution in [3.8, 4) is 11.5 Å². The normalized spacial score (nSPS) is 10.8. The zero-order chi connectivity index (χ0) is 21.2. The van der Waals surface area contributed by atoms with Crippen LogP contribution in [0, 0.1) is 0 Å². The molecule has 0 radical (unpaired) electrons. The molecule has 0 saturated heterocycles. The Morgan fingerprint density at radius 3 is 1.34 bits per heavy atom. The molecular formula is C24H40O4Se. The molecule has 1 aromatic rings. The van der Waals surface area contributed by atoms with Gasteiger partial charge in [-0.2, -0.15) is 0 Å². The fourth-order valence-corrected chi connectivity index (χ4v) is 4.57. The first-order valence-electron chi connectivity index (χ1n) is 11.6. The molecule has 1 heterocycles. The minimum absolute atomic E-state index is 0.0871. The van der Waals surface area contributed by atoms with Crippen LogP contribution < -0.4 is 9.47 Å². The molecule has 0 fully saturated rings. The van der Waals surface area contributed by atoms with Crippen LogP contribution in [0.25, 0.3) is 0 Å². The molecular weight excluding hydrogens is 431 g/mol. The third-order valence-corrected chi connectivity index (χ3v) is 6.48. The van der Waals surface area contributed by atoms with Crippen molar-refractivity contribution in [3.63, 3.8) is 0 Å². The maximum absolute atomic E-state index is 12.1. The number of esters is 2. The van der Waals surface area contributed by atoms with Crippen LogP contribution in [-0.4, -0.2) is 26.4 Å². The number of hydrogen-bond donors (Lipinski definition) is 0. The van der Waals surface area contributed by atoms with Crippen molar-refractivity contribution >= 4 is 26.4 Å². The van der Waals surface area contributed by atoms with Gasteiger partial charge in [-0.1, -0.05) is 13.8 Å². The van der Waals surface area contributed by atoms with Crippen molar-refractivity contribution < 1.29 is 19.1 Å². The summed E-state index contributed by atoms with van der Waals surface area (Å²) >= 11 is 0.0871. The van der Waals surface area contributed by atoms with Gasteiger partial charge in [0.1, 0.15) is 0 Å². The number of rotatable bonds is 18. The molecule has 29 heavy (non-hydrogen) atoms. The summed E-state index contributed by atoms with van der Waals surface area (Å²) in [6, 6.07) is 0. The first kappa shape index (κ1) is 26.0. The Hall–Kier alpha value is -1.06. The summed E-state index contributed by atoms with van der Waals surface area (Å²) in [5.41, 5.74) is 0. The van der Waals surface area contributed by atoms with Gasteiger partial charge in [-0.25, -0.2) is 0 Å². The second-order valence-electron chi connectivity index (χ2n) is 7.79. The molecule has 5 heteroatoms. The van der Waals surface area contributed by atoms with E-state index >= 15 is 0 Å². The number of ether oxygens (including phenoxy) is 2.